The maximum atomic E-state index is 9.21. The Labute approximate surface area is 99.2 Å². The number of nitrogens with one attached hydrogen (secondary N) is 1. The molecule has 2 heterocycles. The Balaban J connectivity index is 2.06. The first-order valence-corrected chi connectivity index (χ1v) is 5.51. The van der Waals surface area contributed by atoms with Gasteiger partial charge in [-0.15, -0.1) is 5.10 Å². The Hall–Kier alpha value is -1.66. The van der Waals surface area contributed by atoms with E-state index in [0.717, 1.165) is 5.65 Å². The lowest BCUT2D eigenvalue weighted by atomic mass is 10.2. The molecule has 17 heavy (non-hydrogen) atoms. The van der Waals surface area contributed by atoms with Gasteiger partial charge in [0.1, 0.15) is 0 Å². The van der Waals surface area contributed by atoms with Gasteiger partial charge >= 0.3 is 0 Å². The van der Waals surface area contributed by atoms with Gasteiger partial charge in [-0.25, -0.2) is 4.52 Å². The Morgan fingerprint density at radius 2 is 2.41 bits per heavy atom. The van der Waals surface area contributed by atoms with Crippen LogP contribution in [0.5, 0.6) is 0 Å². The standard InChI is InChI=1S/C11H16N4O2/c1-17-7-5-9(8-16)12-11-13-10-4-2-3-6-15(10)14-11/h2-4,6,9,16H,5,7-8H2,1H3,(H,12,14). The Morgan fingerprint density at radius 3 is 3.12 bits per heavy atom. The van der Waals surface area contributed by atoms with Crippen molar-refractivity contribution in [3.8, 4) is 0 Å². The van der Waals surface area contributed by atoms with Crippen molar-refractivity contribution in [1.29, 1.82) is 0 Å². The number of pyridine rings is 1. The van der Waals surface area contributed by atoms with Gasteiger partial charge in [-0.1, -0.05) is 6.07 Å². The lowest BCUT2D eigenvalue weighted by Gasteiger charge is -2.13. The number of aliphatic hydroxyl groups excluding tert-OH is 1. The zero-order valence-corrected chi connectivity index (χ0v) is 9.71. The van der Waals surface area contributed by atoms with Crippen LogP contribution in [0, 0.1) is 0 Å². The number of aromatic nitrogens is 3. The van der Waals surface area contributed by atoms with Gasteiger partial charge in [0.05, 0.1) is 12.6 Å². The third-order valence-corrected chi connectivity index (χ3v) is 2.47. The minimum absolute atomic E-state index is 0.0267. The van der Waals surface area contributed by atoms with Gasteiger partial charge in [-0.2, -0.15) is 4.98 Å². The highest BCUT2D eigenvalue weighted by Crippen LogP contribution is 2.07. The smallest absolute Gasteiger partial charge is 0.243 e. The summed E-state index contributed by atoms with van der Waals surface area (Å²) in [5.41, 5.74) is 0.776. The molecule has 0 saturated carbocycles. The van der Waals surface area contributed by atoms with E-state index in [-0.39, 0.29) is 12.6 Å². The average Bonchev–Trinajstić information content (AvgIpc) is 2.76. The third-order valence-electron chi connectivity index (χ3n) is 2.47. The van der Waals surface area contributed by atoms with Crippen LogP contribution >= 0.6 is 0 Å². The number of anilines is 1. The number of aliphatic hydroxyl groups is 1. The van der Waals surface area contributed by atoms with Crippen LogP contribution in [0.1, 0.15) is 6.42 Å². The molecule has 6 heteroatoms. The number of methoxy groups -OCH3 is 1. The highest BCUT2D eigenvalue weighted by atomic mass is 16.5. The van der Waals surface area contributed by atoms with Gasteiger partial charge in [0.2, 0.25) is 5.95 Å². The molecule has 2 aromatic rings. The van der Waals surface area contributed by atoms with Crippen molar-refractivity contribution in [2.75, 3.05) is 25.6 Å². The molecule has 0 aliphatic carbocycles. The summed E-state index contributed by atoms with van der Waals surface area (Å²) < 4.78 is 6.66. The summed E-state index contributed by atoms with van der Waals surface area (Å²) in [5.74, 6) is 0.520. The zero-order valence-electron chi connectivity index (χ0n) is 9.71. The summed E-state index contributed by atoms with van der Waals surface area (Å²) in [5, 5.41) is 16.5. The molecule has 1 unspecified atom stereocenters. The molecule has 0 fully saturated rings. The maximum absolute atomic E-state index is 9.21. The molecule has 0 amide bonds. The number of nitrogens with zero attached hydrogens (tertiary/aromatic N) is 3. The lowest BCUT2D eigenvalue weighted by Crippen LogP contribution is -2.26. The van der Waals surface area contributed by atoms with E-state index in [1.807, 2.05) is 24.4 Å². The highest BCUT2D eigenvalue weighted by molar-refractivity contribution is 5.43. The van der Waals surface area contributed by atoms with Crippen molar-refractivity contribution in [2.45, 2.75) is 12.5 Å². The maximum Gasteiger partial charge on any atom is 0.243 e. The molecule has 0 aromatic carbocycles. The van der Waals surface area contributed by atoms with E-state index in [9.17, 15) is 5.11 Å². The van der Waals surface area contributed by atoms with Crippen molar-refractivity contribution in [3.63, 3.8) is 0 Å². The molecule has 0 saturated heterocycles. The van der Waals surface area contributed by atoms with Crippen LogP contribution in [-0.2, 0) is 4.74 Å². The number of hydrogen-bond donors (Lipinski definition) is 2. The van der Waals surface area contributed by atoms with Gasteiger partial charge < -0.3 is 15.2 Å². The Kier molecular flexibility index (Phi) is 3.89. The molecule has 0 aliphatic heterocycles. The Morgan fingerprint density at radius 1 is 1.53 bits per heavy atom. The average molecular weight is 236 g/mol. The van der Waals surface area contributed by atoms with Crippen LogP contribution in [0.25, 0.3) is 5.65 Å². The minimum atomic E-state index is -0.0904. The largest absolute Gasteiger partial charge is 0.394 e. The van der Waals surface area contributed by atoms with Crippen LogP contribution in [0.4, 0.5) is 5.95 Å². The summed E-state index contributed by atoms with van der Waals surface area (Å²) in [7, 11) is 1.64. The SMILES string of the molecule is COCCC(CO)Nc1nc2ccccn2n1. The number of hydrogen-bond acceptors (Lipinski definition) is 5. The van der Waals surface area contributed by atoms with Crippen molar-refractivity contribution in [3.05, 3.63) is 24.4 Å². The Bertz CT molecular complexity index is 438. The predicted octanol–water partition coefficient (Wildman–Crippen LogP) is 0.539. The molecule has 2 N–H and O–H groups in total. The molecule has 2 rings (SSSR count). The molecular weight excluding hydrogens is 220 g/mol. The van der Waals surface area contributed by atoms with Gasteiger partial charge in [0.25, 0.3) is 0 Å². The van der Waals surface area contributed by atoms with Crippen molar-refractivity contribution in [1.82, 2.24) is 14.6 Å². The van der Waals surface area contributed by atoms with Crippen molar-refractivity contribution < 1.29 is 9.84 Å². The molecule has 0 spiro atoms. The van der Waals surface area contributed by atoms with Crippen molar-refractivity contribution >= 4 is 11.6 Å². The quantitative estimate of drug-likeness (QED) is 0.766. The highest BCUT2D eigenvalue weighted by Gasteiger charge is 2.10. The molecule has 2 aromatic heterocycles. The van der Waals surface area contributed by atoms with E-state index in [2.05, 4.69) is 15.4 Å². The van der Waals surface area contributed by atoms with Gasteiger partial charge in [0.15, 0.2) is 5.65 Å². The van der Waals surface area contributed by atoms with Crippen LogP contribution in [-0.4, -0.2) is 46.1 Å². The van der Waals surface area contributed by atoms with Crippen LogP contribution < -0.4 is 5.32 Å². The van der Waals surface area contributed by atoms with Gasteiger partial charge in [0, 0.05) is 19.9 Å². The summed E-state index contributed by atoms with van der Waals surface area (Å²) >= 11 is 0. The normalized spacial score (nSPS) is 12.8. The fraction of sp³-hybridized carbons (Fsp3) is 0.455. The first-order chi connectivity index (χ1) is 8.33. The second kappa shape index (κ2) is 5.60. The van der Waals surface area contributed by atoms with Crippen LogP contribution in [0.15, 0.2) is 24.4 Å². The first kappa shape index (κ1) is 11.8. The van der Waals surface area contributed by atoms with E-state index in [4.69, 9.17) is 4.74 Å². The van der Waals surface area contributed by atoms with Gasteiger partial charge in [-0.3, -0.25) is 0 Å². The molecule has 0 bridgehead atoms. The fourth-order valence-corrected chi connectivity index (χ4v) is 1.54. The topological polar surface area (TPSA) is 71.7 Å². The zero-order chi connectivity index (χ0) is 12.1. The van der Waals surface area contributed by atoms with Gasteiger partial charge in [-0.05, 0) is 18.6 Å². The van der Waals surface area contributed by atoms with Crippen LogP contribution in [0.2, 0.25) is 0 Å². The number of fused-ring (bicyclic) bond motifs is 1. The first-order valence-electron chi connectivity index (χ1n) is 5.51. The summed E-state index contributed by atoms with van der Waals surface area (Å²) in [4.78, 5) is 4.30. The predicted molar refractivity (Wildman–Crippen MR) is 64.0 cm³/mol. The van der Waals surface area contributed by atoms with Crippen molar-refractivity contribution in [2.24, 2.45) is 0 Å². The summed E-state index contributed by atoms with van der Waals surface area (Å²) in [6.07, 6.45) is 2.54. The van der Waals surface area contributed by atoms with E-state index < -0.39 is 0 Å². The van der Waals surface area contributed by atoms with E-state index in [0.29, 0.717) is 19.0 Å². The fourth-order valence-electron chi connectivity index (χ4n) is 1.54. The molecule has 0 aliphatic rings. The second-order valence-electron chi connectivity index (χ2n) is 3.74. The lowest BCUT2D eigenvalue weighted by molar-refractivity contribution is 0.174. The minimum Gasteiger partial charge on any atom is -0.394 e. The number of ether oxygens (including phenoxy) is 1. The molecule has 0 radical (unpaired) electrons. The summed E-state index contributed by atoms with van der Waals surface area (Å²) in [6, 6.07) is 5.58. The molecule has 92 valence electrons. The van der Waals surface area contributed by atoms with Crippen LogP contribution in [0.3, 0.4) is 0 Å². The molecular formula is C11H16N4O2. The number of rotatable bonds is 6. The molecule has 6 nitrogen and oxygen atoms in total. The third kappa shape index (κ3) is 2.92. The van der Waals surface area contributed by atoms with E-state index in [1.165, 1.54) is 0 Å². The summed E-state index contributed by atoms with van der Waals surface area (Å²) in [6.45, 7) is 0.616. The van der Waals surface area contributed by atoms with E-state index >= 15 is 0 Å². The molecule has 1 atom stereocenters. The monoisotopic (exact) mass is 236 g/mol. The second-order valence-corrected chi connectivity index (χ2v) is 3.74. The van der Waals surface area contributed by atoms with E-state index in [1.54, 1.807) is 11.6 Å².